The van der Waals surface area contributed by atoms with E-state index >= 15 is 0 Å². The molecule has 2 atom stereocenters. The van der Waals surface area contributed by atoms with Crippen molar-refractivity contribution in [3.63, 3.8) is 0 Å². The predicted octanol–water partition coefficient (Wildman–Crippen LogP) is 3.62. The normalized spacial score (nSPS) is 23.7. The molecule has 2 heterocycles. The number of ether oxygens (including phenoxy) is 1. The number of rotatable bonds is 6. The lowest BCUT2D eigenvalue weighted by Gasteiger charge is -2.25. The maximum Gasteiger partial charge on any atom is 0.108 e. The van der Waals surface area contributed by atoms with Gasteiger partial charge in [0, 0.05) is 25.2 Å². The van der Waals surface area contributed by atoms with Crippen molar-refractivity contribution in [1.29, 1.82) is 0 Å². The standard InChI is InChI=1S/C22H28N2O/c1-3-7-18(8-4-1)22(19-9-5-2-6-10-19)25-16-15-24-14-13-20-11-12-21(17-24)23-20/h1-10,20-23H,11-17H2/t20-,21-/m1/s1. The summed E-state index contributed by atoms with van der Waals surface area (Å²) >= 11 is 0. The average molecular weight is 336 g/mol. The zero-order chi connectivity index (χ0) is 16.9. The molecule has 0 spiro atoms. The summed E-state index contributed by atoms with van der Waals surface area (Å²) in [7, 11) is 0. The minimum Gasteiger partial charge on any atom is -0.367 e. The molecule has 1 N–H and O–H groups in total. The summed E-state index contributed by atoms with van der Waals surface area (Å²) in [5, 5.41) is 3.75. The second-order valence-electron chi connectivity index (χ2n) is 7.30. The predicted molar refractivity (Wildman–Crippen MR) is 102 cm³/mol. The SMILES string of the molecule is c1ccc(C(OCCN2CC[C@H]3CC[C@H](C2)N3)c2ccccc2)cc1. The highest BCUT2D eigenvalue weighted by molar-refractivity contribution is 5.29. The van der Waals surface area contributed by atoms with Crippen LogP contribution in [0, 0.1) is 0 Å². The molecular formula is C22H28N2O. The van der Waals surface area contributed by atoms with Crippen LogP contribution >= 0.6 is 0 Å². The first-order valence-electron chi connectivity index (χ1n) is 9.58. The van der Waals surface area contributed by atoms with Gasteiger partial charge in [-0.25, -0.2) is 0 Å². The summed E-state index contributed by atoms with van der Waals surface area (Å²) in [5.74, 6) is 0. The van der Waals surface area contributed by atoms with Gasteiger partial charge in [-0.2, -0.15) is 0 Å². The molecule has 2 saturated heterocycles. The van der Waals surface area contributed by atoms with Crippen LogP contribution in [0.15, 0.2) is 60.7 Å². The molecule has 0 radical (unpaired) electrons. The van der Waals surface area contributed by atoms with Crippen LogP contribution in [-0.4, -0.2) is 43.2 Å². The number of nitrogens with one attached hydrogen (secondary N) is 1. The molecule has 0 aromatic heterocycles. The summed E-state index contributed by atoms with van der Waals surface area (Å²) in [6.45, 7) is 4.15. The van der Waals surface area contributed by atoms with Crippen molar-refractivity contribution in [1.82, 2.24) is 10.2 Å². The molecule has 2 aliphatic heterocycles. The highest BCUT2D eigenvalue weighted by Crippen LogP contribution is 2.26. The Balaban J connectivity index is 1.38. The number of likely N-dealkylation sites (tertiary alicyclic amines) is 1. The molecule has 4 rings (SSSR count). The second kappa shape index (κ2) is 8.13. The van der Waals surface area contributed by atoms with Gasteiger partial charge < -0.3 is 10.1 Å². The molecule has 0 unspecified atom stereocenters. The minimum atomic E-state index is 0.0176. The van der Waals surface area contributed by atoms with Gasteiger partial charge in [0.2, 0.25) is 0 Å². The van der Waals surface area contributed by atoms with Gasteiger partial charge in [-0.05, 0) is 36.9 Å². The summed E-state index contributed by atoms with van der Waals surface area (Å²) in [6, 6.07) is 22.5. The maximum atomic E-state index is 6.38. The van der Waals surface area contributed by atoms with Gasteiger partial charge >= 0.3 is 0 Å². The molecule has 2 aromatic carbocycles. The Morgan fingerprint density at radius 1 is 0.880 bits per heavy atom. The third-order valence-corrected chi connectivity index (χ3v) is 5.50. The molecule has 3 nitrogen and oxygen atoms in total. The Kier molecular flexibility index (Phi) is 5.46. The molecule has 2 bridgehead atoms. The number of fused-ring (bicyclic) bond motifs is 2. The van der Waals surface area contributed by atoms with Crippen molar-refractivity contribution < 1.29 is 4.74 Å². The quantitative estimate of drug-likeness (QED) is 0.872. The molecule has 0 amide bonds. The van der Waals surface area contributed by atoms with Gasteiger partial charge in [0.1, 0.15) is 6.10 Å². The van der Waals surface area contributed by atoms with Gasteiger partial charge in [0.05, 0.1) is 6.61 Å². The zero-order valence-corrected chi connectivity index (χ0v) is 14.8. The van der Waals surface area contributed by atoms with Crippen LogP contribution in [0.2, 0.25) is 0 Å². The van der Waals surface area contributed by atoms with Crippen LogP contribution in [-0.2, 0) is 4.74 Å². The summed E-state index contributed by atoms with van der Waals surface area (Å²) < 4.78 is 6.38. The van der Waals surface area contributed by atoms with Gasteiger partial charge in [-0.15, -0.1) is 0 Å². The third-order valence-electron chi connectivity index (χ3n) is 5.50. The van der Waals surface area contributed by atoms with Crippen LogP contribution in [0.3, 0.4) is 0 Å². The Hall–Kier alpha value is -1.68. The van der Waals surface area contributed by atoms with E-state index in [1.165, 1.54) is 43.5 Å². The fourth-order valence-electron chi connectivity index (χ4n) is 4.16. The Labute approximate surface area is 151 Å². The number of benzene rings is 2. The van der Waals surface area contributed by atoms with Crippen molar-refractivity contribution in [3.8, 4) is 0 Å². The molecular weight excluding hydrogens is 308 g/mol. The minimum absolute atomic E-state index is 0.0176. The Morgan fingerprint density at radius 3 is 2.20 bits per heavy atom. The van der Waals surface area contributed by atoms with E-state index in [4.69, 9.17) is 4.74 Å². The van der Waals surface area contributed by atoms with Gasteiger partial charge in [0.25, 0.3) is 0 Å². The van der Waals surface area contributed by atoms with Crippen molar-refractivity contribution >= 4 is 0 Å². The molecule has 2 aromatic rings. The zero-order valence-electron chi connectivity index (χ0n) is 14.8. The monoisotopic (exact) mass is 336 g/mol. The van der Waals surface area contributed by atoms with E-state index in [1.54, 1.807) is 0 Å². The lowest BCUT2D eigenvalue weighted by atomic mass is 10.0. The van der Waals surface area contributed by atoms with E-state index in [0.29, 0.717) is 6.04 Å². The van der Waals surface area contributed by atoms with E-state index in [0.717, 1.165) is 19.2 Å². The molecule has 2 aliphatic rings. The van der Waals surface area contributed by atoms with Crippen LogP contribution in [0.5, 0.6) is 0 Å². The van der Waals surface area contributed by atoms with Crippen LogP contribution in [0.1, 0.15) is 36.5 Å². The summed E-state index contributed by atoms with van der Waals surface area (Å²) in [5.41, 5.74) is 2.45. The van der Waals surface area contributed by atoms with E-state index in [9.17, 15) is 0 Å². The Morgan fingerprint density at radius 2 is 1.52 bits per heavy atom. The third kappa shape index (κ3) is 4.30. The average Bonchev–Trinajstić information content (AvgIpc) is 3.01. The lowest BCUT2D eigenvalue weighted by molar-refractivity contribution is 0.0588. The smallest absolute Gasteiger partial charge is 0.108 e. The van der Waals surface area contributed by atoms with E-state index in [2.05, 4.69) is 70.9 Å². The first-order valence-corrected chi connectivity index (χ1v) is 9.58. The van der Waals surface area contributed by atoms with Crippen LogP contribution < -0.4 is 5.32 Å². The molecule has 0 saturated carbocycles. The number of hydrogen-bond donors (Lipinski definition) is 1. The van der Waals surface area contributed by atoms with Crippen molar-refractivity contribution in [2.24, 2.45) is 0 Å². The first-order chi connectivity index (χ1) is 12.4. The molecule has 25 heavy (non-hydrogen) atoms. The van der Waals surface area contributed by atoms with Crippen molar-refractivity contribution in [3.05, 3.63) is 71.8 Å². The van der Waals surface area contributed by atoms with E-state index in [1.807, 2.05) is 0 Å². The fraction of sp³-hybridized carbons (Fsp3) is 0.455. The number of hydrogen-bond acceptors (Lipinski definition) is 3. The van der Waals surface area contributed by atoms with Gasteiger partial charge in [0.15, 0.2) is 0 Å². The molecule has 3 heteroatoms. The van der Waals surface area contributed by atoms with E-state index in [-0.39, 0.29) is 6.10 Å². The lowest BCUT2D eigenvalue weighted by Crippen LogP contribution is -2.37. The molecule has 2 fully saturated rings. The largest absolute Gasteiger partial charge is 0.367 e. The molecule has 132 valence electrons. The summed E-state index contributed by atoms with van der Waals surface area (Å²) in [6.07, 6.45) is 3.98. The highest BCUT2D eigenvalue weighted by Gasteiger charge is 2.29. The fourth-order valence-corrected chi connectivity index (χ4v) is 4.16. The van der Waals surface area contributed by atoms with Crippen LogP contribution in [0.4, 0.5) is 0 Å². The van der Waals surface area contributed by atoms with E-state index < -0.39 is 0 Å². The first kappa shape index (κ1) is 16.8. The highest BCUT2D eigenvalue weighted by atomic mass is 16.5. The summed E-state index contributed by atoms with van der Waals surface area (Å²) in [4.78, 5) is 2.57. The topological polar surface area (TPSA) is 24.5 Å². The van der Waals surface area contributed by atoms with Gasteiger partial charge in [-0.3, -0.25) is 4.90 Å². The van der Waals surface area contributed by atoms with Gasteiger partial charge in [-0.1, -0.05) is 60.7 Å². The van der Waals surface area contributed by atoms with Crippen molar-refractivity contribution in [2.75, 3.05) is 26.2 Å². The second-order valence-corrected chi connectivity index (χ2v) is 7.30. The number of nitrogens with zero attached hydrogens (tertiary/aromatic N) is 1. The van der Waals surface area contributed by atoms with Crippen molar-refractivity contribution in [2.45, 2.75) is 37.5 Å². The Bertz CT molecular complexity index is 606. The molecule has 0 aliphatic carbocycles. The van der Waals surface area contributed by atoms with Crippen LogP contribution in [0.25, 0.3) is 0 Å². The maximum absolute atomic E-state index is 6.38.